The van der Waals surface area contributed by atoms with Crippen molar-refractivity contribution in [3.8, 4) is 11.5 Å². The number of ether oxygens (including phenoxy) is 2. The van der Waals surface area contributed by atoms with E-state index in [0.717, 1.165) is 41.3 Å². The molecule has 0 amide bonds. The van der Waals surface area contributed by atoms with Gasteiger partial charge in [0.25, 0.3) is 0 Å². The summed E-state index contributed by atoms with van der Waals surface area (Å²) in [5.74, 6) is 3.40. The smallest absolute Gasteiger partial charge is 0.126 e. The molecule has 1 aromatic carbocycles. The van der Waals surface area contributed by atoms with Crippen LogP contribution in [0.4, 0.5) is 0 Å². The first kappa shape index (κ1) is 27.6. The number of allylic oxidation sites excluding steroid dienone is 7. The third-order valence-corrected chi connectivity index (χ3v) is 7.17. The van der Waals surface area contributed by atoms with Gasteiger partial charge in [0.1, 0.15) is 11.5 Å². The molecule has 1 fully saturated rings. The number of benzene rings is 1. The molecule has 2 aliphatic rings. The molecule has 0 aromatic heterocycles. The van der Waals surface area contributed by atoms with Gasteiger partial charge in [-0.2, -0.15) is 0 Å². The highest BCUT2D eigenvalue weighted by molar-refractivity contribution is 5.59. The van der Waals surface area contributed by atoms with Crippen molar-refractivity contribution in [3.05, 3.63) is 88.8 Å². The van der Waals surface area contributed by atoms with Gasteiger partial charge in [0.15, 0.2) is 0 Å². The lowest BCUT2D eigenvalue weighted by Gasteiger charge is -2.32. The lowest BCUT2D eigenvalue weighted by atomic mass is 9.75. The predicted octanol–water partition coefficient (Wildman–Crippen LogP) is 8.65. The van der Waals surface area contributed by atoms with Gasteiger partial charge in [-0.25, -0.2) is 0 Å². The van der Waals surface area contributed by atoms with E-state index in [0.29, 0.717) is 17.8 Å². The minimum Gasteiger partial charge on any atom is -0.496 e. The van der Waals surface area contributed by atoms with Gasteiger partial charge in [-0.05, 0) is 91.9 Å². The normalized spacial score (nSPS) is 18.1. The Morgan fingerprint density at radius 2 is 1.81 bits per heavy atom. The molecule has 1 unspecified atom stereocenters. The zero-order valence-electron chi connectivity index (χ0n) is 23.4. The van der Waals surface area contributed by atoms with E-state index in [1.807, 2.05) is 6.92 Å². The van der Waals surface area contributed by atoms with Gasteiger partial charge in [0.05, 0.1) is 14.2 Å². The van der Waals surface area contributed by atoms with E-state index in [1.54, 1.807) is 14.2 Å². The molecule has 36 heavy (non-hydrogen) atoms. The molecule has 0 bridgehead atoms. The molecule has 1 aliphatic carbocycles. The number of hydrogen-bond acceptors (Lipinski definition) is 3. The second-order valence-corrected chi connectivity index (χ2v) is 10.8. The van der Waals surface area contributed by atoms with Gasteiger partial charge in [-0.3, -0.25) is 0 Å². The summed E-state index contributed by atoms with van der Waals surface area (Å²) in [6.07, 6.45) is 21.0. The van der Waals surface area contributed by atoms with Gasteiger partial charge in [0, 0.05) is 24.0 Å². The van der Waals surface area contributed by atoms with Gasteiger partial charge < -0.3 is 14.4 Å². The molecule has 3 rings (SSSR count). The van der Waals surface area contributed by atoms with Crippen LogP contribution in [0.2, 0.25) is 0 Å². The quantitative estimate of drug-likeness (QED) is 0.292. The summed E-state index contributed by atoms with van der Waals surface area (Å²) in [7, 11) is 3.39. The van der Waals surface area contributed by atoms with Crippen LogP contribution in [0.1, 0.15) is 64.5 Å². The standard InChI is InChI=1S/C33H45NO2/c1-23(2)12-13-24(3)18-31(29-10-9-11-29)30-16-17-34(26(5)19-30)22-25(4)14-15-28-20-32(35-7)27(6)33(21-28)36-8/h13-21,23,25,29H,5,9-12,22H2,1-4,6-8H3/b15-14+,24-13+,31-18+. The second-order valence-electron chi connectivity index (χ2n) is 10.8. The molecule has 0 radical (unpaired) electrons. The maximum atomic E-state index is 5.52. The summed E-state index contributed by atoms with van der Waals surface area (Å²) >= 11 is 0. The average molecular weight is 488 g/mol. The Balaban J connectivity index is 1.68. The minimum absolute atomic E-state index is 0.350. The summed E-state index contributed by atoms with van der Waals surface area (Å²) in [6.45, 7) is 16.3. The molecule has 0 saturated heterocycles. The molecule has 0 spiro atoms. The number of methoxy groups -OCH3 is 2. The Kier molecular flexibility index (Phi) is 9.87. The minimum atomic E-state index is 0.350. The zero-order chi connectivity index (χ0) is 26.2. The molecule has 194 valence electrons. The predicted molar refractivity (Wildman–Crippen MR) is 154 cm³/mol. The van der Waals surface area contributed by atoms with Crippen LogP contribution in [0.3, 0.4) is 0 Å². The molecular weight excluding hydrogens is 442 g/mol. The van der Waals surface area contributed by atoms with Gasteiger partial charge in [-0.15, -0.1) is 0 Å². The Morgan fingerprint density at radius 3 is 2.33 bits per heavy atom. The summed E-state index contributed by atoms with van der Waals surface area (Å²) in [5, 5.41) is 0. The summed E-state index contributed by atoms with van der Waals surface area (Å²) in [6, 6.07) is 4.11. The van der Waals surface area contributed by atoms with Crippen molar-refractivity contribution < 1.29 is 9.47 Å². The third kappa shape index (κ3) is 7.29. The molecule has 1 aromatic rings. The fourth-order valence-electron chi connectivity index (χ4n) is 4.67. The van der Waals surface area contributed by atoms with E-state index in [1.165, 1.54) is 36.0 Å². The highest BCUT2D eigenvalue weighted by atomic mass is 16.5. The Morgan fingerprint density at radius 1 is 1.14 bits per heavy atom. The molecule has 1 aliphatic heterocycles. The molecular formula is C33H45NO2. The maximum Gasteiger partial charge on any atom is 0.126 e. The topological polar surface area (TPSA) is 21.7 Å². The van der Waals surface area contributed by atoms with Crippen molar-refractivity contribution in [2.45, 2.75) is 60.3 Å². The molecule has 1 saturated carbocycles. The Hall–Kier alpha value is -2.94. The largest absolute Gasteiger partial charge is 0.496 e. The molecule has 1 heterocycles. The van der Waals surface area contributed by atoms with E-state index >= 15 is 0 Å². The first-order valence-electron chi connectivity index (χ1n) is 13.4. The highest BCUT2D eigenvalue weighted by Crippen LogP contribution is 2.39. The fourth-order valence-corrected chi connectivity index (χ4v) is 4.67. The first-order valence-corrected chi connectivity index (χ1v) is 13.4. The van der Waals surface area contributed by atoms with Crippen LogP contribution in [0.25, 0.3) is 6.08 Å². The molecule has 3 nitrogen and oxygen atoms in total. The van der Waals surface area contributed by atoms with E-state index in [-0.39, 0.29) is 0 Å². The Bertz CT molecular complexity index is 1050. The van der Waals surface area contributed by atoms with Crippen LogP contribution < -0.4 is 9.47 Å². The monoisotopic (exact) mass is 487 g/mol. The van der Waals surface area contributed by atoms with Crippen molar-refractivity contribution in [2.24, 2.45) is 17.8 Å². The number of nitrogens with zero attached hydrogens (tertiary/aromatic N) is 1. The third-order valence-electron chi connectivity index (χ3n) is 7.17. The van der Waals surface area contributed by atoms with Gasteiger partial charge in [0.2, 0.25) is 0 Å². The second kappa shape index (κ2) is 12.9. The van der Waals surface area contributed by atoms with Crippen molar-refractivity contribution in [1.29, 1.82) is 0 Å². The van der Waals surface area contributed by atoms with Crippen LogP contribution in [0.15, 0.2) is 77.7 Å². The van der Waals surface area contributed by atoms with Crippen molar-refractivity contribution >= 4 is 6.08 Å². The fraction of sp³-hybridized carbons (Fsp3) is 0.455. The van der Waals surface area contributed by atoms with Crippen molar-refractivity contribution in [1.82, 2.24) is 4.90 Å². The summed E-state index contributed by atoms with van der Waals surface area (Å²) < 4.78 is 11.0. The van der Waals surface area contributed by atoms with E-state index in [9.17, 15) is 0 Å². The van der Waals surface area contributed by atoms with Crippen LogP contribution in [0, 0.1) is 24.7 Å². The van der Waals surface area contributed by atoms with Crippen LogP contribution in [-0.2, 0) is 0 Å². The average Bonchev–Trinajstić information content (AvgIpc) is 2.81. The Labute approximate surface area is 219 Å². The van der Waals surface area contributed by atoms with Gasteiger partial charge >= 0.3 is 0 Å². The van der Waals surface area contributed by atoms with Crippen LogP contribution in [0.5, 0.6) is 11.5 Å². The highest BCUT2D eigenvalue weighted by Gasteiger charge is 2.25. The SMILES string of the molecule is C=C1C=C(/C(=C/C(C)=C/CC(C)C)C2CCC2)C=CN1CC(C)/C=C/c1cc(OC)c(C)c(OC)c1. The number of hydrogen-bond donors (Lipinski definition) is 0. The molecule has 3 heteroatoms. The van der Waals surface area contributed by atoms with Crippen LogP contribution >= 0.6 is 0 Å². The lowest BCUT2D eigenvalue weighted by molar-refractivity contribution is 0.370. The number of rotatable bonds is 11. The van der Waals surface area contributed by atoms with E-state index in [4.69, 9.17) is 9.47 Å². The maximum absolute atomic E-state index is 5.52. The van der Waals surface area contributed by atoms with Crippen molar-refractivity contribution in [2.75, 3.05) is 20.8 Å². The molecule has 1 atom stereocenters. The van der Waals surface area contributed by atoms with Crippen LogP contribution in [-0.4, -0.2) is 25.7 Å². The zero-order valence-corrected chi connectivity index (χ0v) is 23.4. The van der Waals surface area contributed by atoms with E-state index < -0.39 is 0 Å². The lowest BCUT2D eigenvalue weighted by Crippen LogP contribution is -2.24. The summed E-state index contributed by atoms with van der Waals surface area (Å²) in [4.78, 5) is 2.26. The summed E-state index contributed by atoms with van der Waals surface area (Å²) in [5.41, 5.74) is 7.32. The molecule has 0 N–H and O–H groups in total. The van der Waals surface area contributed by atoms with Crippen molar-refractivity contribution in [3.63, 3.8) is 0 Å². The first-order chi connectivity index (χ1) is 17.2. The van der Waals surface area contributed by atoms with Gasteiger partial charge in [-0.1, -0.05) is 63.6 Å². The van der Waals surface area contributed by atoms with E-state index in [2.05, 4.69) is 94.0 Å².